The highest BCUT2D eigenvalue weighted by Gasteiger charge is 2.54. The summed E-state index contributed by atoms with van der Waals surface area (Å²) in [5.41, 5.74) is 0. The summed E-state index contributed by atoms with van der Waals surface area (Å²) in [6.45, 7) is 2.22. The Morgan fingerprint density at radius 2 is 2.17 bits per heavy atom. The second-order valence-electron chi connectivity index (χ2n) is 4.30. The van der Waals surface area contributed by atoms with Crippen molar-refractivity contribution in [3.63, 3.8) is 0 Å². The van der Waals surface area contributed by atoms with E-state index in [1.807, 2.05) is 0 Å². The van der Waals surface area contributed by atoms with E-state index in [0.29, 0.717) is 13.0 Å². The van der Waals surface area contributed by atoms with Crippen molar-refractivity contribution in [3.05, 3.63) is 11.8 Å². The van der Waals surface area contributed by atoms with Gasteiger partial charge in [-0.1, -0.05) is 11.8 Å². The minimum Gasteiger partial charge on any atom is -0.460 e. The second kappa shape index (κ2) is 5.46. The third kappa shape index (κ3) is 2.37. The maximum absolute atomic E-state index is 10.0. The van der Waals surface area contributed by atoms with Crippen LogP contribution in [-0.4, -0.2) is 34.8 Å². The fourth-order valence-corrected chi connectivity index (χ4v) is 2.14. The van der Waals surface area contributed by atoms with Crippen molar-refractivity contribution in [2.75, 3.05) is 6.61 Å². The molecule has 0 aromatic heterocycles. The molecule has 2 fully saturated rings. The molecule has 0 bridgehead atoms. The Morgan fingerprint density at radius 1 is 1.33 bits per heavy atom. The Morgan fingerprint density at radius 3 is 2.83 bits per heavy atom. The van der Waals surface area contributed by atoms with Gasteiger partial charge in [-0.25, -0.2) is 0 Å². The van der Waals surface area contributed by atoms with Crippen LogP contribution in [0.15, 0.2) is 11.8 Å². The van der Waals surface area contributed by atoms with Gasteiger partial charge in [0.2, 0.25) is 5.79 Å². The molecule has 0 aliphatic carbocycles. The zero-order valence-corrected chi connectivity index (χ0v) is 10.3. The van der Waals surface area contributed by atoms with E-state index in [4.69, 9.17) is 9.47 Å². The van der Waals surface area contributed by atoms with Crippen LogP contribution >= 0.6 is 0 Å². The Bertz CT molecular complexity index is 452. The maximum Gasteiger partial charge on any atom is 0.239 e. The fourth-order valence-electron chi connectivity index (χ4n) is 2.14. The molecule has 4 heteroatoms. The molecule has 0 amide bonds. The van der Waals surface area contributed by atoms with Crippen molar-refractivity contribution in [1.82, 2.24) is 0 Å². The van der Waals surface area contributed by atoms with Crippen molar-refractivity contribution >= 4 is 0 Å². The van der Waals surface area contributed by atoms with Crippen molar-refractivity contribution < 1.29 is 19.7 Å². The van der Waals surface area contributed by atoms with E-state index in [0.717, 1.165) is 12.8 Å². The molecule has 2 aliphatic heterocycles. The SMILES string of the molecule is CC#CC#CC=C1OC2(CCCCO2)C(O)C1O. The molecular formula is C14H16O4. The Kier molecular flexibility index (Phi) is 3.93. The molecule has 0 radical (unpaired) electrons. The molecule has 96 valence electrons. The standard InChI is InChI=1S/C14H16O4/c1-2-3-4-5-8-11-12(15)13(16)14(18-11)9-6-7-10-17-14/h8,12-13,15-16H,6-7,9-10H2,1H3. The van der Waals surface area contributed by atoms with Crippen LogP contribution in [0, 0.1) is 23.7 Å². The summed E-state index contributed by atoms with van der Waals surface area (Å²) in [6.07, 6.45) is 1.70. The fraction of sp³-hybridized carbons (Fsp3) is 0.571. The molecule has 0 aromatic rings. The first-order valence-electron chi connectivity index (χ1n) is 6.01. The van der Waals surface area contributed by atoms with Crippen molar-refractivity contribution in [2.24, 2.45) is 0 Å². The smallest absolute Gasteiger partial charge is 0.239 e. The second-order valence-corrected chi connectivity index (χ2v) is 4.30. The zero-order valence-electron chi connectivity index (χ0n) is 10.3. The minimum absolute atomic E-state index is 0.245. The van der Waals surface area contributed by atoms with Gasteiger partial charge in [0, 0.05) is 12.5 Å². The minimum atomic E-state index is -1.10. The quantitative estimate of drug-likeness (QED) is 0.614. The van der Waals surface area contributed by atoms with Gasteiger partial charge in [-0.05, 0) is 31.6 Å². The Hall–Kier alpha value is -1.46. The lowest BCUT2D eigenvalue weighted by atomic mass is 9.98. The van der Waals surface area contributed by atoms with E-state index in [1.165, 1.54) is 6.08 Å². The highest BCUT2D eigenvalue weighted by atomic mass is 16.7. The summed E-state index contributed by atoms with van der Waals surface area (Å²) >= 11 is 0. The third-order valence-electron chi connectivity index (χ3n) is 3.07. The Balaban J connectivity index is 2.16. The number of hydrogen-bond donors (Lipinski definition) is 2. The maximum atomic E-state index is 10.0. The van der Waals surface area contributed by atoms with E-state index in [-0.39, 0.29) is 5.76 Å². The topological polar surface area (TPSA) is 58.9 Å². The van der Waals surface area contributed by atoms with Crippen LogP contribution < -0.4 is 0 Å². The van der Waals surface area contributed by atoms with Gasteiger partial charge in [-0.15, -0.1) is 0 Å². The molecule has 2 saturated heterocycles. The van der Waals surface area contributed by atoms with Gasteiger partial charge >= 0.3 is 0 Å². The lowest BCUT2D eigenvalue weighted by Gasteiger charge is -2.34. The van der Waals surface area contributed by atoms with Gasteiger partial charge in [0.1, 0.15) is 11.9 Å². The normalized spacial score (nSPS) is 36.5. The number of rotatable bonds is 0. The number of aliphatic hydroxyl groups is 2. The van der Waals surface area contributed by atoms with E-state index < -0.39 is 18.0 Å². The first-order valence-corrected chi connectivity index (χ1v) is 6.01. The van der Waals surface area contributed by atoms with Gasteiger partial charge in [0.05, 0.1) is 6.61 Å². The summed E-state index contributed by atoms with van der Waals surface area (Å²) in [6, 6.07) is 0. The van der Waals surface area contributed by atoms with Crippen LogP contribution in [-0.2, 0) is 9.47 Å². The summed E-state index contributed by atoms with van der Waals surface area (Å²) in [7, 11) is 0. The largest absolute Gasteiger partial charge is 0.460 e. The van der Waals surface area contributed by atoms with Gasteiger partial charge in [-0.2, -0.15) is 0 Å². The monoisotopic (exact) mass is 248 g/mol. The number of aliphatic hydroxyl groups excluding tert-OH is 2. The molecule has 18 heavy (non-hydrogen) atoms. The van der Waals surface area contributed by atoms with Crippen molar-refractivity contribution in [3.8, 4) is 23.7 Å². The van der Waals surface area contributed by atoms with E-state index in [2.05, 4.69) is 23.7 Å². The highest BCUT2D eigenvalue weighted by molar-refractivity contribution is 5.33. The molecular weight excluding hydrogens is 232 g/mol. The molecule has 3 unspecified atom stereocenters. The molecule has 3 atom stereocenters. The first-order chi connectivity index (χ1) is 8.69. The van der Waals surface area contributed by atoms with E-state index in [9.17, 15) is 10.2 Å². The Labute approximate surface area is 107 Å². The van der Waals surface area contributed by atoms with Crippen LogP contribution in [0.3, 0.4) is 0 Å². The first kappa shape index (κ1) is 13.0. The summed E-state index contributed by atoms with van der Waals surface area (Å²) in [5, 5.41) is 19.9. The summed E-state index contributed by atoms with van der Waals surface area (Å²) in [5.74, 6) is 9.62. The van der Waals surface area contributed by atoms with E-state index in [1.54, 1.807) is 6.92 Å². The predicted octanol–water partition coefficient (Wildman–Crippen LogP) is 0.546. The number of allylic oxidation sites excluding steroid dienone is 1. The van der Waals surface area contributed by atoms with Crippen molar-refractivity contribution in [1.29, 1.82) is 0 Å². The molecule has 1 spiro atoms. The lowest BCUT2D eigenvalue weighted by molar-refractivity contribution is -0.257. The van der Waals surface area contributed by atoms with Crippen LogP contribution in [0.25, 0.3) is 0 Å². The average Bonchev–Trinajstić information content (AvgIpc) is 2.61. The van der Waals surface area contributed by atoms with Crippen LogP contribution in [0.4, 0.5) is 0 Å². The van der Waals surface area contributed by atoms with Gasteiger partial charge < -0.3 is 19.7 Å². The van der Waals surface area contributed by atoms with Gasteiger partial charge in [-0.3, -0.25) is 0 Å². The predicted molar refractivity (Wildman–Crippen MR) is 64.9 cm³/mol. The molecule has 0 saturated carbocycles. The molecule has 2 rings (SSSR count). The molecule has 2 N–H and O–H groups in total. The highest BCUT2D eigenvalue weighted by Crippen LogP contribution is 2.40. The molecule has 0 aromatic carbocycles. The number of hydrogen-bond acceptors (Lipinski definition) is 4. The number of ether oxygens (including phenoxy) is 2. The molecule has 2 heterocycles. The zero-order chi connectivity index (χ0) is 13.0. The summed E-state index contributed by atoms with van der Waals surface area (Å²) < 4.78 is 11.1. The van der Waals surface area contributed by atoms with Gasteiger partial charge in [0.15, 0.2) is 6.10 Å². The van der Waals surface area contributed by atoms with Gasteiger partial charge in [0.25, 0.3) is 0 Å². The molecule has 2 aliphatic rings. The van der Waals surface area contributed by atoms with Crippen LogP contribution in [0.5, 0.6) is 0 Å². The summed E-state index contributed by atoms with van der Waals surface area (Å²) in [4.78, 5) is 0. The van der Waals surface area contributed by atoms with Crippen LogP contribution in [0.2, 0.25) is 0 Å². The third-order valence-corrected chi connectivity index (χ3v) is 3.07. The lowest BCUT2D eigenvalue weighted by Crippen LogP contribution is -2.47. The molecule has 4 nitrogen and oxygen atoms in total. The average molecular weight is 248 g/mol. The van der Waals surface area contributed by atoms with E-state index >= 15 is 0 Å². The van der Waals surface area contributed by atoms with Crippen molar-refractivity contribution in [2.45, 2.75) is 44.2 Å². The van der Waals surface area contributed by atoms with Crippen LogP contribution in [0.1, 0.15) is 26.2 Å².